The van der Waals surface area contributed by atoms with Gasteiger partial charge >= 0.3 is 0 Å². The average Bonchev–Trinajstić information content (AvgIpc) is 2.15. The maximum Gasteiger partial charge on any atom is 0.241 e. The molecule has 0 bridgehead atoms. The van der Waals surface area contributed by atoms with Gasteiger partial charge in [0, 0.05) is 0 Å². The highest BCUT2D eigenvalue weighted by atomic mass is 16.2. The van der Waals surface area contributed by atoms with Gasteiger partial charge in [-0.25, -0.2) is 0 Å². The Balaban J connectivity index is 4.41. The fraction of sp³-hybridized carbons (Fsp3) is 0.500. The molecule has 0 aliphatic rings. The predicted molar refractivity (Wildman–Crippen MR) is 42.6 cm³/mol. The van der Waals surface area contributed by atoms with Gasteiger partial charge in [-0.05, 0) is 6.92 Å². The van der Waals surface area contributed by atoms with Crippen molar-refractivity contribution in [3.63, 3.8) is 0 Å². The quantitative estimate of drug-likeness (QED) is 0.567. The first-order chi connectivity index (χ1) is 6.17. The van der Waals surface area contributed by atoms with Gasteiger partial charge in [0.15, 0.2) is 0 Å². The van der Waals surface area contributed by atoms with E-state index in [-0.39, 0.29) is 13.1 Å². The van der Waals surface area contributed by atoms with Crippen LogP contribution in [0.5, 0.6) is 0 Å². The first kappa shape index (κ1) is 10.9. The number of amides is 1. The Kier molecular flexibility index (Phi) is 4.69. The monoisotopic (exact) mass is 176 g/mol. The summed E-state index contributed by atoms with van der Waals surface area (Å²) in [5.74, 6) is -1.28. The van der Waals surface area contributed by atoms with E-state index < -0.39 is 11.8 Å². The molecule has 0 aliphatic carbocycles. The molecule has 0 aromatic heterocycles. The maximum atomic E-state index is 11.3. The molecule has 0 radical (unpaired) electrons. The third kappa shape index (κ3) is 3.22. The average molecular weight is 176 g/mol. The van der Waals surface area contributed by atoms with Gasteiger partial charge in [0.1, 0.15) is 19.0 Å². The summed E-state index contributed by atoms with van der Waals surface area (Å²) < 4.78 is 0. The van der Waals surface area contributed by atoms with Crippen LogP contribution in [0.3, 0.4) is 0 Å². The zero-order valence-corrected chi connectivity index (χ0v) is 7.19. The number of hydrogen-bond acceptors (Lipinski definition) is 4. The lowest BCUT2D eigenvalue weighted by molar-refractivity contribution is -0.132. The Morgan fingerprint density at radius 1 is 1.31 bits per heavy atom. The van der Waals surface area contributed by atoms with E-state index in [1.807, 2.05) is 0 Å². The number of hydrogen-bond donors (Lipinski definition) is 0. The minimum Gasteiger partial charge on any atom is -0.315 e. The lowest BCUT2D eigenvalue weighted by Crippen LogP contribution is -2.35. The van der Waals surface area contributed by atoms with Gasteiger partial charge in [0.05, 0.1) is 18.2 Å². The molecule has 0 saturated heterocycles. The summed E-state index contributed by atoms with van der Waals surface area (Å²) in [5.41, 5.74) is 0. The van der Waals surface area contributed by atoms with E-state index in [0.717, 1.165) is 4.90 Å². The maximum absolute atomic E-state index is 11.3. The number of carbonyl (C=O) groups is 1. The standard InChI is InChI=1S/C8H8N4O/c1-7(6-11)8(13)12(4-2-9)5-3-10/h7H,4-5H2,1H3. The van der Waals surface area contributed by atoms with Crippen LogP contribution < -0.4 is 0 Å². The Morgan fingerprint density at radius 2 is 1.77 bits per heavy atom. The van der Waals surface area contributed by atoms with Crippen LogP contribution in [0.4, 0.5) is 0 Å². The van der Waals surface area contributed by atoms with Crippen LogP contribution in [0, 0.1) is 39.9 Å². The molecule has 1 atom stereocenters. The molecule has 0 N–H and O–H groups in total. The zero-order chi connectivity index (χ0) is 10.3. The highest BCUT2D eigenvalue weighted by Gasteiger charge is 2.19. The first-order valence-electron chi connectivity index (χ1n) is 3.59. The molecule has 66 valence electrons. The van der Waals surface area contributed by atoms with E-state index >= 15 is 0 Å². The van der Waals surface area contributed by atoms with Crippen molar-refractivity contribution in [3.8, 4) is 18.2 Å². The van der Waals surface area contributed by atoms with E-state index in [9.17, 15) is 4.79 Å². The van der Waals surface area contributed by atoms with Gasteiger partial charge in [-0.2, -0.15) is 15.8 Å². The van der Waals surface area contributed by atoms with Crippen LogP contribution in [0.2, 0.25) is 0 Å². The normalized spacial score (nSPS) is 10.3. The van der Waals surface area contributed by atoms with Crippen LogP contribution in [0.1, 0.15) is 6.92 Å². The van der Waals surface area contributed by atoms with Crippen LogP contribution in [-0.2, 0) is 4.79 Å². The van der Waals surface area contributed by atoms with Crippen LogP contribution in [-0.4, -0.2) is 23.9 Å². The molecule has 0 rings (SSSR count). The second kappa shape index (κ2) is 5.57. The number of nitriles is 3. The second-order valence-corrected chi connectivity index (χ2v) is 2.36. The van der Waals surface area contributed by atoms with Gasteiger partial charge in [-0.1, -0.05) is 0 Å². The predicted octanol–water partition coefficient (Wildman–Crippen LogP) is 0.0218. The highest BCUT2D eigenvalue weighted by molar-refractivity contribution is 5.81. The lowest BCUT2D eigenvalue weighted by atomic mass is 10.2. The molecule has 1 amide bonds. The first-order valence-corrected chi connectivity index (χ1v) is 3.59. The summed E-state index contributed by atoms with van der Waals surface area (Å²) in [7, 11) is 0. The van der Waals surface area contributed by atoms with E-state index in [1.54, 1.807) is 18.2 Å². The van der Waals surface area contributed by atoms with Crippen molar-refractivity contribution in [3.05, 3.63) is 0 Å². The molecule has 5 nitrogen and oxygen atoms in total. The topological polar surface area (TPSA) is 91.7 Å². The summed E-state index contributed by atoms with van der Waals surface area (Å²) in [6.07, 6.45) is 0. The SMILES string of the molecule is CC(C#N)C(=O)N(CC#N)CC#N. The number of carbonyl (C=O) groups excluding carboxylic acids is 1. The molecule has 0 aromatic carbocycles. The van der Waals surface area contributed by atoms with Crippen molar-refractivity contribution in [1.29, 1.82) is 15.8 Å². The smallest absolute Gasteiger partial charge is 0.241 e. The van der Waals surface area contributed by atoms with Crippen LogP contribution >= 0.6 is 0 Å². The largest absolute Gasteiger partial charge is 0.315 e. The lowest BCUT2D eigenvalue weighted by Gasteiger charge is -2.16. The van der Waals surface area contributed by atoms with Gasteiger partial charge in [-0.3, -0.25) is 4.79 Å². The molecular formula is C8H8N4O. The fourth-order valence-corrected chi connectivity index (χ4v) is 0.712. The van der Waals surface area contributed by atoms with Crippen molar-refractivity contribution in [2.45, 2.75) is 6.92 Å². The number of nitrogens with zero attached hydrogens (tertiary/aromatic N) is 4. The third-order valence-corrected chi connectivity index (χ3v) is 1.40. The van der Waals surface area contributed by atoms with Gasteiger partial charge < -0.3 is 4.90 Å². The summed E-state index contributed by atoms with van der Waals surface area (Å²) >= 11 is 0. The Bertz CT molecular complexity index is 288. The van der Waals surface area contributed by atoms with Crippen LogP contribution in [0.15, 0.2) is 0 Å². The van der Waals surface area contributed by atoms with Crippen molar-refractivity contribution < 1.29 is 4.79 Å². The minimum absolute atomic E-state index is 0.154. The highest BCUT2D eigenvalue weighted by Crippen LogP contribution is 1.99. The van der Waals surface area contributed by atoms with E-state index in [1.165, 1.54) is 6.92 Å². The van der Waals surface area contributed by atoms with E-state index in [0.29, 0.717) is 0 Å². The van der Waals surface area contributed by atoms with Gasteiger partial charge in [0.2, 0.25) is 5.91 Å². The van der Waals surface area contributed by atoms with Crippen molar-refractivity contribution >= 4 is 5.91 Å². The van der Waals surface area contributed by atoms with Crippen molar-refractivity contribution in [2.24, 2.45) is 5.92 Å². The fourth-order valence-electron chi connectivity index (χ4n) is 0.712. The second-order valence-electron chi connectivity index (χ2n) is 2.36. The number of rotatable bonds is 3. The molecule has 0 fully saturated rings. The van der Waals surface area contributed by atoms with E-state index in [4.69, 9.17) is 15.8 Å². The Hall–Kier alpha value is -2.06. The molecule has 13 heavy (non-hydrogen) atoms. The molecule has 0 heterocycles. The molecule has 0 aromatic rings. The minimum atomic E-state index is -0.804. The summed E-state index contributed by atoms with van der Waals surface area (Å²) in [6.45, 7) is 1.13. The Morgan fingerprint density at radius 3 is 2.08 bits per heavy atom. The van der Waals surface area contributed by atoms with Gasteiger partial charge in [0.25, 0.3) is 0 Å². The molecule has 0 aliphatic heterocycles. The summed E-state index contributed by atoms with van der Waals surface area (Å²) in [6, 6.07) is 5.27. The molecule has 0 spiro atoms. The van der Waals surface area contributed by atoms with Crippen LogP contribution in [0.25, 0.3) is 0 Å². The molecule has 0 saturated carbocycles. The van der Waals surface area contributed by atoms with Crippen molar-refractivity contribution in [2.75, 3.05) is 13.1 Å². The zero-order valence-electron chi connectivity index (χ0n) is 7.19. The molecule has 5 heteroatoms. The van der Waals surface area contributed by atoms with E-state index in [2.05, 4.69) is 0 Å². The molecular weight excluding hydrogens is 168 g/mol. The van der Waals surface area contributed by atoms with Gasteiger partial charge in [-0.15, -0.1) is 0 Å². The third-order valence-electron chi connectivity index (χ3n) is 1.40. The molecule has 1 unspecified atom stereocenters. The Labute approximate surface area is 76.4 Å². The summed E-state index contributed by atoms with van der Waals surface area (Å²) in [5, 5.41) is 25.1. The summed E-state index contributed by atoms with van der Waals surface area (Å²) in [4.78, 5) is 12.3. The van der Waals surface area contributed by atoms with Crippen molar-refractivity contribution in [1.82, 2.24) is 4.90 Å².